The predicted molar refractivity (Wildman–Crippen MR) is 59.4 cm³/mol. The molecule has 1 aliphatic rings. The van der Waals surface area contributed by atoms with Crippen LogP contribution in [0, 0.1) is 0 Å². The number of nitrogens with one attached hydrogen (secondary N) is 1. The third-order valence-electron chi connectivity index (χ3n) is 2.08. The first kappa shape index (κ1) is 17.1. The fourth-order valence-corrected chi connectivity index (χ4v) is 1.16. The fraction of sp³-hybridized carbons (Fsp3) is 0.600. The normalized spacial score (nSPS) is 15.6. The van der Waals surface area contributed by atoms with Crippen LogP contribution in [-0.2, 0) is 10.1 Å². The monoisotopic (exact) mass is 287 g/mol. The van der Waals surface area contributed by atoms with E-state index in [2.05, 4.69) is 31.5 Å². The minimum absolute atomic E-state index is 1.26. The van der Waals surface area contributed by atoms with Crippen molar-refractivity contribution in [2.24, 2.45) is 0 Å². The van der Waals surface area contributed by atoms with Crippen LogP contribution in [0.1, 0.15) is 26.2 Å². The second-order valence-electron chi connectivity index (χ2n) is 3.65. The maximum absolute atomic E-state index is 10.7. The van der Waals surface area contributed by atoms with Gasteiger partial charge in [-0.3, -0.25) is 4.90 Å². The number of quaternary nitrogens is 1. The van der Waals surface area contributed by atoms with Crippen LogP contribution in [-0.4, -0.2) is 25.0 Å². The van der Waals surface area contributed by atoms with Crippen LogP contribution in [0.5, 0.6) is 0 Å². The number of rotatable bonds is 4. The van der Waals surface area contributed by atoms with Crippen LogP contribution < -0.4 is 4.90 Å². The molecule has 0 atom stereocenters. The molecule has 0 aliphatic carbocycles. The van der Waals surface area contributed by atoms with Crippen molar-refractivity contribution in [2.45, 2.75) is 31.7 Å². The third kappa shape index (κ3) is 7.46. The summed E-state index contributed by atoms with van der Waals surface area (Å²) < 4.78 is 58.9. The minimum Gasteiger partial charge on any atom is -0.741 e. The van der Waals surface area contributed by atoms with Crippen molar-refractivity contribution in [1.29, 1.82) is 0 Å². The molecule has 1 N–H and O–H groups in total. The first-order chi connectivity index (χ1) is 8.18. The van der Waals surface area contributed by atoms with Crippen molar-refractivity contribution < 1.29 is 31.0 Å². The summed E-state index contributed by atoms with van der Waals surface area (Å²) in [6.07, 6.45) is 12.7. The molecule has 0 aromatic carbocycles. The first-order valence-corrected chi connectivity index (χ1v) is 6.82. The Morgan fingerprint density at radius 1 is 1.17 bits per heavy atom. The van der Waals surface area contributed by atoms with Crippen molar-refractivity contribution >= 4 is 10.1 Å². The number of hydrogen-bond donors (Lipinski definition) is 1. The summed E-state index contributed by atoms with van der Waals surface area (Å²) in [5, 5.41) is 0. The van der Waals surface area contributed by atoms with E-state index in [1.54, 1.807) is 0 Å². The van der Waals surface area contributed by atoms with E-state index >= 15 is 0 Å². The summed E-state index contributed by atoms with van der Waals surface area (Å²) in [5.74, 6) is 0. The van der Waals surface area contributed by atoms with E-state index in [0.29, 0.717) is 0 Å². The summed E-state index contributed by atoms with van der Waals surface area (Å²) in [7, 11) is -6.09. The largest absolute Gasteiger partial charge is 0.741 e. The molecule has 0 aromatic rings. The van der Waals surface area contributed by atoms with Gasteiger partial charge in [0.2, 0.25) is 0 Å². The van der Waals surface area contributed by atoms with Gasteiger partial charge in [-0.25, -0.2) is 8.42 Å². The van der Waals surface area contributed by atoms with Crippen LogP contribution >= 0.6 is 0 Å². The zero-order valence-electron chi connectivity index (χ0n) is 9.90. The predicted octanol–water partition coefficient (Wildman–Crippen LogP) is 1.15. The maximum atomic E-state index is 10.7. The molecule has 1 aliphatic heterocycles. The zero-order chi connectivity index (χ0) is 14.2. The third-order valence-corrected chi connectivity index (χ3v) is 2.65. The summed E-state index contributed by atoms with van der Waals surface area (Å²) >= 11 is 0. The van der Waals surface area contributed by atoms with Gasteiger partial charge < -0.3 is 4.55 Å². The van der Waals surface area contributed by atoms with E-state index in [1.807, 2.05) is 0 Å². The van der Waals surface area contributed by atoms with Crippen LogP contribution in [0.4, 0.5) is 13.2 Å². The molecule has 0 fully saturated rings. The Kier molecular flexibility index (Phi) is 7.19. The molecule has 106 valence electrons. The highest BCUT2D eigenvalue weighted by Gasteiger charge is 2.36. The van der Waals surface area contributed by atoms with Gasteiger partial charge in [0.05, 0.1) is 18.9 Å². The number of halogens is 3. The van der Waals surface area contributed by atoms with Gasteiger partial charge >= 0.3 is 5.51 Å². The zero-order valence-corrected chi connectivity index (χ0v) is 10.7. The second kappa shape index (κ2) is 7.55. The molecule has 0 spiro atoms. The molecule has 1 heterocycles. The highest BCUT2D eigenvalue weighted by Crippen LogP contribution is 2.20. The Morgan fingerprint density at radius 2 is 1.61 bits per heavy atom. The van der Waals surface area contributed by atoms with E-state index in [1.165, 1.54) is 30.7 Å². The molecule has 18 heavy (non-hydrogen) atoms. The van der Waals surface area contributed by atoms with Crippen molar-refractivity contribution in [3.05, 3.63) is 24.6 Å². The summed E-state index contributed by atoms with van der Waals surface area (Å²) in [6.45, 7) is 3.51. The van der Waals surface area contributed by atoms with Crippen molar-refractivity contribution in [1.82, 2.24) is 0 Å². The Hall–Kier alpha value is -0.860. The Labute approximate surface area is 105 Å². The molecular weight excluding hydrogens is 271 g/mol. The standard InChI is InChI=1S/C9H15N.CHF3O3S/c1-2-3-4-7-10-8-5-6-9-10;2-1(3,4)8(5,6)7/h5-6,8-9H,2-4,7H2,1H3;(H,5,6,7). The van der Waals surface area contributed by atoms with E-state index in [4.69, 9.17) is 13.0 Å². The molecule has 0 radical (unpaired) electrons. The molecule has 1 rings (SSSR count). The molecule has 0 aromatic heterocycles. The molecule has 0 bridgehead atoms. The van der Waals surface area contributed by atoms with E-state index in [9.17, 15) is 13.2 Å². The number of hydrogen-bond acceptors (Lipinski definition) is 3. The molecule has 4 nitrogen and oxygen atoms in total. The van der Waals surface area contributed by atoms with Gasteiger partial charge in [0, 0.05) is 0 Å². The van der Waals surface area contributed by atoms with Crippen molar-refractivity contribution in [3.8, 4) is 0 Å². The Bertz CT molecular complexity index is 376. The Morgan fingerprint density at radius 3 is 1.94 bits per heavy atom. The van der Waals surface area contributed by atoms with Crippen LogP contribution in [0.25, 0.3) is 0 Å². The van der Waals surface area contributed by atoms with Gasteiger partial charge in [0.15, 0.2) is 10.1 Å². The smallest absolute Gasteiger partial charge is 0.485 e. The summed E-state index contributed by atoms with van der Waals surface area (Å²) in [4.78, 5) is 1.49. The van der Waals surface area contributed by atoms with Crippen molar-refractivity contribution in [3.63, 3.8) is 0 Å². The van der Waals surface area contributed by atoms with Gasteiger partial charge in [0.25, 0.3) is 0 Å². The molecule has 0 unspecified atom stereocenters. The lowest BCUT2D eigenvalue weighted by Crippen LogP contribution is -3.01. The van der Waals surface area contributed by atoms with E-state index in [-0.39, 0.29) is 0 Å². The SMILES string of the molecule is CCCCC[NH+]1C=CC=C1.O=S(=O)([O-])C(F)(F)F. The lowest BCUT2D eigenvalue weighted by Gasteiger charge is -2.08. The van der Waals surface area contributed by atoms with E-state index < -0.39 is 15.6 Å². The number of unbranched alkanes of at least 4 members (excludes halogenated alkanes) is 2. The fourth-order valence-electron chi connectivity index (χ4n) is 1.16. The Balaban J connectivity index is 0.000000331. The topological polar surface area (TPSA) is 61.6 Å². The highest BCUT2D eigenvalue weighted by atomic mass is 32.2. The highest BCUT2D eigenvalue weighted by molar-refractivity contribution is 7.86. The summed E-state index contributed by atoms with van der Waals surface area (Å²) in [5.41, 5.74) is -5.65. The lowest BCUT2D eigenvalue weighted by molar-refractivity contribution is -0.787. The van der Waals surface area contributed by atoms with Crippen molar-refractivity contribution in [2.75, 3.05) is 6.54 Å². The van der Waals surface area contributed by atoms with Gasteiger partial charge in [-0.05, 0) is 25.0 Å². The molecule has 0 amide bonds. The number of alkyl halides is 3. The molecule has 0 saturated carbocycles. The van der Waals surface area contributed by atoms with Crippen LogP contribution in [0.2, 0.25) is 0 Å². The quantitative estimate of drug-likeness (QED) is 0.479. The second-order valence-corrected chi connectivity index (χ2v) is 5.02. The average Bonchev–Trinajstić information content (AvgIpc) is 2.69. The number of allylic oxidation sites excluding steroid dienone is 2. The molecule has 8 heteroatoms. The average molecular weight is 287 g/mol. The first-order valence-electron chi connectivity index (χ1n) is 5.41. The molecular formula is C10H16F3NO3S. The lowest BCUT2D eigenvalue weighted by atomic mass is 10.2. The van der Waals surface area contributed by atoms with Gasteiger partial charge in [-0.1, -0.05) is 13.3 Å². The van der Waals surface area contributed by atoms with Crippen LogP contribution in [0.15, 0.2) is 24.6 Å². The maximum Gasteiger partial charge on any atom is 0.485 e. The van der Waals surface area contributed by atoms with E-state index in [0.717, 1.165) is 0 Å². The van der Waals surface area contributed by atoms with Gasteiger partial charge in [0.1, 0.15) is 0 Å². The van der Waals surface area contributed by atoms with Gasteiger partial charge in [-0.15, -0.1) is 0 Å². The van der Waals surface area contributed by atoms with Gasteiger partial charge in [-0.2, -0.15) is 13.2 Å². The minimum atomic E-state index is -6.09. The molecule has 0 saturated heterocycles. The van der Waals surface area contributed by atoms with Crippen LogP contribution in [0.3, 0.4) is 0 Å². The summed E-state index contributed by atoms with van der Waals surface area (Å²) in [6, 6.07) is 0.